The maximum Gasteiger partial charge on any atom is 0.312 e. The number of nitrogen functional groups attached to an aromatic ring is 1. The molecule has 10 nitrogen and oxygen atoms in total. The molecule has 3 N–H and O–H groups in total. The van der Waals surface area contributed by atoms with Crippen LogP contribution in [0.5, 0.6) is 11.5 Å². The third-order valence-corrected chi connectivity index (χ3v) is 7.51. The van der Waals surface area contributed by atoms with Crippen molar-refractivity contribution in [3.8, 4) is 11.5 Å². The fraction of sp³-hybridized carbons (Fsp3) is 0.450. The molecule has 1 aliphatic rings. The largest absolute Gasteiger partial charge is 0.454 e. The summed E-state index contributed by atoms with van der Waals surface area (Å²) in [5, 5.41) is 0. The summed E-state index contributed by atoms with van der Waals surface area (Å²) in [6, 6.07) is 3.76. The van der Waals surface area contributed by atoms with Crippen LogP contribution in [0.1, 0.15) is 31.7 Å². The predicted octanol–water partition coefficient (Wildman–Crippen LogP) is 2.44. The van der Waals surface area contributed by atoms with E-state index in [1.54, 1.807) is 4.57 Å². The summed E-state index contributed by atoms with van der Waals surface area (Å²) < 4.78 is 54.7. The van der Waals surface area contributed by atoms with Gasteiger partial charge in [0.15, 0.2) is 28.5 Å². The Kier molecular flexibility index (Phi) is 6.91. The molecule has 0 atom stereocenters. The van der Waals surface area contributed by atoms with Gasteiger partial charge in [-0.05, 0) is 52.6 Å². The Bertz CT molecular complexity index is 1300. The molecule has 33 heavy (non-hydrogen) atoms. The zero-order valence-electron chi connectivity index (χ0n) is 18.1. The minimum atomic E-state index is -3.43. The molecule has 4 rings (SSSR count). The average Bonchev–Trinajstić information content (AvgIpc) is 3.31. The quantitative estimate of drug-likeness (QED) is 0.287. The van der Waals surface area contributed by atoms with E-state index in [1.807, 2.05) is 26.0 Å². The fourth-order valence-corrected chi connectivity index (χ4v) is 5.32. The highest BCUT2D eigenvalue weighted by Crippen LogP contribution is 2.36. The van der Waals surface area contributed by atoms with Gasteiger partial charge in [-0.3, -0.25) is 0 Å². The first-order chi connectivity index (χ1) is 15.6. The Hall–Kier alpha value is -2.26. The lowest BCUT2D eigenvalue weighted by molar-refractivity contribution is 0.174. The first-order valence-corrected chi connectivity index (χ1v) is 13.1. The van der Waals surface area contributed by atoms with E-state index >= 15 is 0 Å². The SMILES string of the molecule is CC(C)CNS(=O)(=O)CCCn1c(Cc2cc3c(cc2I)OCO3)nc2c(N)nc(F)nc21. The minimum Gasteiger partial charge on any atom is -0.454 e. The molecule has 0 saturated carbocycles. The molecule has 13 heteroatoms. The second kappa shape index (κ2) is 9.54. The zero-order chi connectivity index (χ0) is 23.8. The van der Waals surface area contributed by atoms with Crippen molar-refractivity contribution >= 4 is 49.6 Å². The minimum absolute atomic E-state index is 0.0656. The van der Waals surface area contributed by atoms with Crippen LogP contribution in [0.3, 0.4) is 0 Å². The van der Waals surface area contributed by atoms with Crippen molar-refractivity contribution in [3.05, 3.63) is 33.2 Å². The summed E-state index contributed by atoms with van der Waals surface area (Å²) >= 11 is 2.20. The molecule has 0 bridgehead atoms. The number of hydrogen-bond donors (Lipinski definition) is 2. The van der Waals surface area contributed by atoms with Crippen molar-refractivity contribution in [2.75, 3.05) is 24.8 Å². The van der Waals surface area contributed by atoms with Gasteiger partial charge in [0.05, 0.1) is 5.75 Å². The van der Waals surface area contributed by atoms with E-state index in [0.29, 0.717) is 30.3 Å². The van der Waals surface area contributed by atoms with Gasteiger partial charge in [-0.15, -0.1) is 0 Å². The molecule has 178 valence electrons. The van der Waals surface area contributed by atoms with Crippen LogP contribution >= 0.6 is 22.6 Å². The summed E-state index contributed by atoms with van der Waals surface area (Å²) in [4.78, 5) is 12.0. The Morgan fingerprint density at radius 2 is 1.97 bits per heavy atom. The molecule has 0 spiro atoms. The van der Waals surface area contributed by atoms with Crippen molar-refractivity contribution < 1.29 is 22.3 Å². The normalized spacial score (nSPS) is 13.4. The van der Waals surface area contributed by atoms with Gasteiger partial charge in [0.25, 0.3) is 0 Å². The van der Waals surface area contributed by atoms with Gasteiger partial charge in [0, 0.05) is 23.1 Å². The Labute approximate surface area is 204 Å². The second-order valence-electron chi connectivity index (χ2n) is 8.12. The van der Waals surface area contributed by atoms with E-state index < -0.39 is 16.1 Å². The van der Waals surface area contributed by atoms with Crippen LogP contribution < -0.4 is 19.9 Å². The summed E-state index contributed by atoms with van der Waals surface area (Å²) in [6.07, 6.45) is -0.295. The number of nitrogens with two attached hydrogens (primary N) is 1. The number of aromatic nitrogens is 4. The van der Waals surface area contributed by atoms with Gasteiger partial charge in [-0.1, -0.05) is 13.8 Å². The average molecular weight is 590 g/mol. The first-order valence-electron chi connectivity index (χ1n) is 10.4. The van der Waals surface area contributed by atoms with Crippen molar-refractivity contribution in [2.45, 2.75) is 33.2 Å². The molecule has 1 aromatic carbocycles. The first kappa shape index (κ1) is 23.9. The number of anilines is 1. The van der Waals surface area contributed by atoms with Crippen molar-refractivity contribution in [3.63, 3.8) is 0 Å². The number of halogens is 2. The molecule has 1 aliphatic heterocycles. The number of nitrogens with zero attached hydrogens (tertiary/aromatic N) is 4. The maximum atomic E-state index is 13.9. The summed E-state index contributed by atoms with van der Waals surface area (Å²) in [5.74, 6) is 1.94. The Balaban J connectivity index is 1.63. The lowest BCUT2D eigenvalue weighted by Gasteiger charge is -2.12. The van der Waals surface area contributed by atoms with Gasteiger partial charge in [-0.2, -0.15) is 14.4 Å². The summed E-state index contributed by atoms with van der Waals surface area (Å²) in [7, 11) is -3.43. The molecule has 3 aromatic rings. The van der Waals surface area contributed by atoms with Crippen LogP contribution in [-0.2, 0) is 23.0 Å². The maximum absolute atomic E-state index is 13.9. The van der Waals surface area contributed by atoms with E-state index in [1.165, 1.54) is 0 Å². The van der Waals surface area contributed by atoms with Crippen molar-refractivity contribution in [2.24, 2.45) is 5.92 Å². The van der Waals surface area contributed by atoms with Gasteiger partial charge >= 0.3 is 6.08 Å². The Morgan fingerprint density at radius 3 is 2.70 bits per heavy atom. The highest BCUT2D eigenvalue weighted by atomic mass is 127. The second-order valence-corrected chi connectivity index (χ2v) is 11.2. The number of aryl methyl sites for hydroxylation is 1. The molecular formula is C20H24FIN6O4S. The third-order valence-electron chi connectivity index (χ3n) is 5.07. The van der Waals surface area contributed by atoms with Crippen LogP contribution in [0, 0.1) is 15.6 Å². The number of nitrogens with one attached hydrogen (secondary N) is 1. The third kappa shape index (κ3) is 5.46. The molecule has 0 saturated heterocycles. The van der Waals surface area contributed by atoms with E-state index in [0.717, 1.165) is 9.13 Å². The van der Waals surface area contributed by atoms with E-state index in [4.69, 9.17) is 15.2 Å². The van der Waals surface area contributed by atoms with Gasteiger partial charge in [0.1, 0.15) is 5.82 Å². The monoisotopic (exact) mass is 590 g/mol. The standard InChI is InChI=1S/C20H24FIN6O4S/c1-11(2)9-24-33(29,30)5-3-4-28-16(25-17-18(23)26-20(21)27-19(17)28)7-12-6-14-15(8-13(12)22)32-10-31-14/h6,8,11,24H,3-5,7,9-10H2,1-2H3,(H2,23,26,27). The number of ether oxygens (including phenoxy) is 2. The van der Waals surface area contributed by atoms with Crippen molar-refractivity contribution in [1.82, 2.24) is 24.2 Å². The van der Waals surface area contributed by atoms with Crippen LogP contribution in [0.25, 0.3) is 11.2 Å². The van der Waals surface area contributed by atoms with E-state index in [9.17, 15) is 12.8 Å². The van der Waals surface area contributed by atoms with Gasteiger partial charge < -0.3 is 19.8 Å². The van der Waals surface area contributed by atoms with E-state index in [-0.39, 0.29) is 48.4 Å². The number of imidazole rings is 1. The van der Waals surface area contributed by atoms with E-state index in [2.05, 4.69) is 42.3 Å². The Morgan fingerprint density at radius 1 is 1.24 bits per heavy atom. The number of benzene rings is 1. The molecule has 0 radical (unpaired) electrons. The molecule has 3 heterocycles. The van der Waals surface area contributed by atoms with Gasteiger partial charge in [0.2, 0.25) is 16.8 Å². The van der Waals surface area contributed by atoms with Crippen LogP contribution in [0.15, 0.2) is 12.1 Å². The predicted molar refractivity (Wildman–Crippen MR) is 129 cm³/mol. The highest BCUT2D eigenvalue weighted by Gasteiger charge is 2.21. The van der Waals surface area contributed by atoms with Crippen LogP contribution in [0.2, 0.25) is 0 Å². The molecule has 0 fully saturated rings. The van der Waals surface area contributed by atoms with Crippen molar-refractivity contribution in [1.29, 1.82) is 0 Å². The van der Waals surface area contributed by atoms with Crippen LogP contribution in [-0.4, -0.2) is 47.0 Å². The topological polar surface area (TPSA) is 134 Å². The van der Waals surface area contributed by atoms with Gasteiger partial charge in [-0.25, -0.2) is 18.1 Å². The fourth-order valence-electron chi connectivity index (χ4n) is 3.45. The lowest BCUT2D eigenvalue weighted by atomic mass is 10.1. The zero-order valence-corrected chi connectivity index (χ0v) is 21.1. The lowest BCUT2D eigenvalue weighted by Crippen LogP contribution is -2.30. The molecule has 0 unspecified atom stereocenters. The summed E-state index contributed by atoms with van der Waals surface area (Å²) in [5.41, 5.74) is 7.33. The molecule has 0 amide bonds. The molecular weight excluding hydrogens is 566 g/mol. The number of fused-ring (bicyclic) bond motifs is 2. The number of hydrogen-bond acceptors (Lipinski definition) is 8. The highest BCUT2D eigenvalue weighted by molar-refractivity contribution is 14.1. The summed E-state index contributed by atoms with van der Waals surface area (Å²) in [6.45, 7) is 4.67. The van der Waals surface area contributed by atoms with Crippen LogP contribution in [0.4, 0.5) is 10.2 Å². The number of sulfonamides is 1. The smallest absolute Gasteiger partial charge is 0.312 e. The number of rotatable bonds is 9. The molecule has 2 aromatic heterocycles. The molecule has 0 aliphatic carbocycles.